The van der Waals surface area contributed by atoms with E-state index >= 15 is 0 Å². The minimum absolute atomic E-state index is 0.256. The lowest BCUT2D eigenvalue weighted by Gasteiger charge is -2.05. The Bertz CT molecular complexity index is 894. The van der Waals surface area contributed by atoms with Crippen LogP contribution in [0, 0.1) is 6.92 Å². The van der Waals surface area contributed by atoms with Crippen molar-refractivity contribution in [3.63, 3.8) is 0 Å². The normalized spacial score (nSPS) is 10.8. The maximum absolute atomic E-state index is 12.2. The molecule has 6 heteroatoms. The number of nitrogens with zero attached hydrogens (tertiary/aromatic N) is 2. The summed E-state index contributed by atoms with van der Waals surface area (Å²) in [6, 6.07) is 11.5. The number of ether oxygens (including phenoxy) is 1. The molecule has 0 aliphatic carbocycles. The molecule has 0 saturated carbocycles. The number of nitrogens with one attached hydrogen (secondary N) is 1. The zero-order chi connectivity index (χ0) is 19.2. The fraction of sp³-hybridized carbons (Fsp3) is 0.333. The van der Waals surface area contributed by atoms with E-state index in [-0.39, 0.29) is 18.3 Å². The van der Waals surface area contributed by atoms with Crippen LogP contribution in [-0.2, 0) is 26.6 Å². The summed E-state index contributed by atoms with van der Waals surface area (Å²) in [5.41, 5.74) is 3.18. The molecule has 0 saturated heterocycles. The van der Waals surface area contributed by atoms with Gasteiger partial charge in [-0.15, -0.1) is 0 Å². The van der Waals surface area contributed by atoms with Crippen molar-refractivity contribution in [2.75, 3.05) is 0 Å². The largest absolute Gasteiger partial charge is 0.486 e. The zero-order valence-electron chi connectivity index (χ0n) is 16.0. The highest BCUT2D eigenvalue weighted by atomic mass is 16.5. The number of carbonyl (C=O) groups excluding carboxylic acids is 1. The lowest BCUT2D eigenvalue weighted by molar-refractivity contribution is 0.0919. The summed E-state index contributed by atoms with van der Waals surface area (Å²) in [5.74, 6) is 1.40. The highest BCUT2D eigenvalue weighted by Gasteiger charge is 2.12. The molecule has 1 amide bonds. The van der Waals surface area contributed by atoms with Gasteiger partial charge in [0.15, 0.2) is 5.76 Å². The van der Waals surface area contributed by atoms with E-state index < -0.39 is 0 Å². The van der Waals surface area contributed by atoms with Crippen LogP contribution in [0.15, 0.2) is 47.0 Å². The lowest BCUT2D eigenvalue weighted by Crippen LogP contribution is -2.22. The van der Waals surface area contributed by atoms with Crippen molar-refractivity contribution in [3.8, 4) is 5.75 Å². The predicted molar refractivity (Wildman–Crippen MR) is 103 cm³/mol. The van der Waals surface area contributed by atoms with Crippen molar-refractivity contribution in [1.29, 1.82) is 0 Å². The molecule has 0 fully saturated rings. The second-order valence-electron chi connectivity index (χ2n) is 6.54. The number of rotatable bonds is 8. The van der Waals surface area contributed by atoms with Crippen LogP contribution in [0.1, 0.15) is 46.5 Å². The molecule has 142 valence electrons. The number of aromatic nitrogens is 2. The van der Waals surface area contributed by atoms with Gasteiger partial charge in [0.2, 0.25) is 0 Å². The van der Waals surface area contributed by atoms with Crippen molar-refractivity contribution in [2.45, 2.75) is 39.8 Å². The summed E-state index contributed by atoms with van der Waals surface area (Å²) < 4.78 is 13.1. The molecule has 0 aliphatic heterocycles. The number of aryl methyl sites for hydroxylation is 3. The molecule has 3 aromatic rings. The monoisotopic (exact) mass is 367 g/mol. The van der Waals surface area contributed by atoms with Gasteiger partial charge in [-0.05, 0) is 43.2 Å². The van der Waals surface area contributed by atoms with Crippen LogP contribution in [0.2, 0.25) is 0 Å². The van der Waals surface area contributed by atoms with Crippen LogP contribution in [0.25, 0.3) is 0 Å². The Morgan fingerprint density at radius 3 is 2.67 bits per heavy atom. The lowest BCUT2D eigenvalue weighted by atomic mass is 10.1. The molecule has 0 atom stereocenters. The topological polar surface area (TPSA) is 69.3 Å². The van der Waals surface area contributed by atoms with E-state index in [0.717, 1.165) is 29.8 Å². The predicted octanol–water partition coefficient (Wildman–Crippen LogP) is 3.78. The summed E-state index contributed by atoms with van der Waals surface area (Å²) in [5, 5.41) is 7.11. The van der Waals surface area contributed by atoms with Gasteiger partial charge < -0.3 is 14.5 Å². The molecule has 27 heavy (non-hydrogen) atoms. The summed E-state index contributed by atoms with van der Waals surface area (Å²) in [6.07, 6.45) is 4.08. The molecule has 0 spiro atoms. The van der Waals surface area contributed by atoms with Gasteiger partial charge in [-0.3, -0.25) is 9.48 Å². The maximum Gasteiger partial charge on any atom is 0.287 e. The molecule has 0 bridgehead atoms. The summed E-state index contributed by atoms with van der Waals surface area (Å²) in [4.78, 5) is 12.2. The Morgan fingerprint density at radius 1 is 1.22 bits per heavy atom. The first-order chi connectivity index (χ1) is 13.0. The van der Waals surface area contributed by atoms with Gasteiger partial charge in [0.1, 0.15) is 18.1 Å². The van der Waals surface area contributed by atoms with Gasteiger partial charge in [0.25, 0.3) is 5.91 Å². The average molecular weight is 367 g/mol. The zero-order valence-corrected chi connectivity index (χ0v) is 16.0. The Hall–Kier alpha value is -3.02. The van der Waals surface area contributed by atoms with Crippen molar-refractivity contribution in [2.24, 2.45) is 7.05 Å². The van der Waals surface area contributed by atoms with Crippen LogP contribution < -0.4 is 10.1 Å². The molecule has 1 aromatic carbocycles. The molecule has 0 unspecified atom stereocenters. The third-order valence-corrected chi connectivity index (χ3v) is 4.28. The number of hydrogen-bond acceptors (Lipinski definition) is 4. The first-order valence-corrected chi connectivity index (χ1v) is 9.13. The Balaban J connectivity index is 1.51. The molecular weight excluding hydrogens is 342 g/mol. The molecule has 0 radical (unpaired) electrons. The van der Waals surface area contributed by atoms with Gasteiger partial charge >= 0.3 is 0 Å². The fourth-order valence-electron chi connectivity index (χ4n) is 2.86. The standard InChI is InChI=1S/C21H25N3O3/c1-4-5-16-6-8-18(9-7-16)26-14-19-10-11-20(27-19)21(25)22-12-17-13-24(3)23-15(17)2/h6-11,13H,4-5,12,14H2,1-3H3,(H,22,25). The van der Waals surface area contributed by atoms with Gasteiger partial charge in [0, 0.05) is 25.4 Å². The number of carbonyl (C=O) groups is 1. The smallest absolute Gasteiger partial charge is 0.287 e. The molecule has 2 aromatic heterocycles. The number of amides is 1. The third-order valence-electron chi connectivity index (χ3n) is 4.28. The second-order valence-corrected chi connectivity index (χ2v) is 6.54. The van der Waals surface area contributed by atoms with E-state index in [2.05, 4.69) is 29.5 Å². The van der Waals surface area contributed by atoms with Crippen LogP contribution in [-0.4, -0.2) is 15.7 Å². The molecule has 0 aliphatic rings. The van der Waals surface area contributed by atoms with E-state index in [1.54, 1.807) is 16.8 Å². The van der Waals surface area contributed by atoms with Crippen LogP contribution in [0.3, 0.4) is 0 Å². The average Bonchev–Trinajstić information content (AvgIpc) is 3.25. The Morgan fingerprint density at radius 2 is 2.00 bits per heavy atom. The molecule has 2 heterocycles. The van der Waals surface area contributed by atoms with Gasteiger partial charge in [-0.1, -0.05) is 25.5 Å². The minimum Gasteiger partial charge on any atom is -0.486 e. The summed E-state index contributed by atoms with van der Waals surface area (Å²) in [6.45, 7) is 4.77. The summed E-state index contributed by atoms with van der Waals surface area (Å²) >= 11 is 0. The number of benzene rings is 1. The molecule has 1 N–H and O–H groups in total. The highest BCUT2D eigenvalue weighted by molar-refractivity contribution is 5.91. The quantitative estimate of drug-likeness (QED) is 0.658. The van der Waals surface area contributed by atoms with Crippen LogP contribution in [0.5, 0.6) is 5.75 Å². The van der Waals surface area contributed by atoms with E-state index in [4.69, 9.17) is 9.15 Å². The van der Waals surface area contributed by atoms with Crippen molar-refractivity contribution in [3.05, 3.63) is 70.9 Å². The Kier molecular flexibility index (Phi) is 5.96. The molecular formula is C21H25N3O3. The van der Waals surface area contributed by atoms with Gasteiger partial charge in [-0.2, -0.15) is 5.10 Å². The first kappa shape index (κ1) is 18.8. The number of hydrogen-bond donors (Lipinski definition) is 1. The number of furan rings is 1. The third kappa shape index (κ3) is 5.00. The van der Waals surface area contributed by atoms with Crippen molar-refractivity contribution >= 4 is 5.91 Å². The fourth-order valence-corrected chi connectivity index (χ4v) is 2.86. The van der Waals surface area contributed by atoms with Crippen molar-refractivity contribution < 1.29 is 13.9 Å². The molecule has 3 rings (SSSR count). The van der Waals surface area contributed by atoms with Crippen LogP contribution >= 0.6 is 0 Å². The maximum atomic E-state index is 12.2. The molecule has 6 nitrogen and oxygen atoms in total. The second kappa shape index (κ2) is 8.58. The Labute approximate surface area is 159 Å². The van der Waals surface area contributed by atoms with Crippen molar-refractivity contribution in [1.82, 2.24) is 15.1 Å². The van der Waals surface area contributed by atoms with E-state index in [0.29, 0.717) is 12.3 Å². The van der Waals surface area contributed by atoms with Crippen LogP contribution in [0.4, 0.5) is 0 Å². The summed E-state index contributed by atoms with van der Waals surface area (Å²) in [7, 11) is 1.86. The van der Waals surface area contributed by atoms with Gasteiger partial charge in [0.05, 0.1) is 5.69 Å². The highest BCUT2D eigenvalue weighted by Crippen LogP contribution is 2.16. The van der Waals surface area contributed by atoms with E-state index in [9.17, 15) is 4.79 Å². The van der Waals surface area contributed by atoms with Gasteiger partial charge in [-0.25, -0.2) is 0 Å². The van der Waals surface area contributed by atoms with E-state index in [1.165, 1.54) is 5.56 Å². The first-order valence-electron chi connectivity index (χ1n) is 9.13. The van der Waals surface area contributed by atoms with E-state index in [1.807, 2.05) is 32.3 Å². The SMILES string of the molecule is CCCc1ccc(OCc2ccc(C(=O)NCc3cn(C)nc3C)o2)cc1. The minimum atomic E-state index is -0.256.